The summed E-state index contributed by atoms with van der Waals surface area (Å²) < 4.78 is 0. The summed E-state index contributed by atoms with van der Waals surface area (Å²) in [6.07, 6.45) is 1.87. The molecule has 4 heteroatoms. The van der Waals surface area contributed by atoms with E-state index in [9.17, 15) is 4.79 Å². The summed E-state index contributed by atoms with van der Waals surface area (Å²) in [6, 6.07) is 10.2. The normalized spacial score (nSPS) is 21.9. The Balaban J connectivity index is 1.96. The summed E-state index contributed by atoms with van der Waals surface area (Å²) in [4.78, 5) is 20.7. The lowest BCUT2D eigenvalue weighted by molar-refractivity contribution is 0.103. The zero-order valence-electron chi connectivity index (χ0n) is 11.5. The van der Waals surface area contributed by atoms with E-state index in [1.807, 2.05) is 30.5 Å². The first-order chi connectivity index (χ1) is 9.75. The van der Waals surface area contributed by atoms with Crippen molar-refractivity contribution >= 4 is 11.6 Å². The van der Waals surface area contributed by atoms with Crippen molar-refractivity contribution in [1.29, 1.82) is 0 Å². The van der Waals surface area contributed by atoms with Crippen molar-refractivity contribution in [2.75, 3.05) is 31.6 Å². The van der Waals surface area contributed by atoms with Gasteiger partial charge in [-0.05, 0) is 18.7 Å². The number of aromatic amines is 1. The molecule has 1 aromatic carbocycles. The van der Waals surface area contributed by atoms with E-state index in [1.54, 1.807) is 0 Å². The summed E-state index contributed by atoms with van der Waals surface area (Å²) in [5, 5.41) is 0. The fourth-order valence-corrected chi connectivity index (χ4v) is 3.37. The molecule has 3 heterocycles. The predicted molar refractivity (Wildman–Crippen MR) is 78.3 cm³/mol. The predicted octanol–water partition coefficient (Wildman–Crippen LogP) is 2.05. The minimum Gasteiger partial charge on any atom is -0.348 e. The van der Waals surface area contributed by atoms with E-state index in [0.717, 1.165) is 42.1 Å². The largest absolute Gasteiger partial charge is 0.348 e. The lowest BCUT2D eigenvalue weighted by Gasteiger charge is -2.40. The molecule has 1 atom stereocenters. The van der Waals surface area contributed by atoms with E-state index in [0.29, 0.717) is 0 Å². The Kier molecular flexibility index (Phi) is 2.47. The maximum Gasteiger partial charge on any atom is 0.197 e. The van der Waals surface area contributed by atoms with Gasteiger partial charge in [0, 0.05) is 31.4 Å². The third kappa shape index (κ3) is 1.55. The van der Waals surface area contributed by atoms with Crippen LogP contribution < -0.4 is 4.90 Å². The molecule has 2 aliphatic heterocycles. The van der Waals surface area contributed by atoms with Gasteiger partial charge < -0.3 is 14.8 Å². The van der Waals surface area contributed by atoms with Crippen LogP contribution in [0.3, 0.4) is 0 Å². The number of hydrogen-bond acceptors (Lipinski definition) is 3. The summed E-state index contributed by atoms with van der Waals surface area (Å²) in [5.41, 5.74) is 2.79. The zero-order valence-corrected chi connectivity index (χ0v) is 11.5. The molecule has 2 aliphatic rings. The maximum absolute atomic E-state index is 12.8. The van der Waals surface area contributed by atoms with Crippen LogP contribution in [0.2, 0.25) is 0 Å². The molecule has 1 saturated heterocycles. The minimum atomic E-state index is 0.133. The van der Waals surface area contributed by atoms with Gasteiger partial charge in [0.15, 0.2) is 5.78 Å². The number of benzene rings is 1. The van der Waals surface area contributed by atoms with Crippen LogP contribution >= 0.6 is 0 Å². The second-order valence-corrected chi connectivity index (χ2v) is 5.63. The summed E-state index contributed by atoms with van der Waals surface area (Å²) in [6.45, 7) is 2.91. The highest BCUT2D eigenvalue weighted by Gasteiger charge is 2.35. The number of fused-ring (bicyclic) bond motifs is 5. The lowest BCUT2D eigenvalue weighted by atomic mass is 9.95. The van der Waals surface area contributed by atoms with Crippen molar-refractivity contribution < 1.29 is 4.79 Å². The lowest BCUT2D eigenvalue weighted by Crippen LogP contribution is -2.47. The zero-order chi connectivity index (χ0) is 13.7. The van der Waals surface area contributed by atoms with Gasteiger partial charge in [-0.3, -0.25) is 4.79 Å². The molecule has 20 heavy (non-hydrogen) atoms. The molecule has 0 aliphatic carbocycles. The fourth-order valence-electron chi connectivity index (χ4n) is 3.37. The number of likely N-dealkylation sites (N-methyl/N-ethyl adjacent to an activating group) is 1. The van der Waals surface area contributed by atoms with Gasteiger partial charge in [-0.25, -0.2) is 0 Å². The third-order valence-electron chi connectivity index (χ3n) is 4.40. The number of carbonyl (C=O) groups excluding carboxylic acids is 1. The summed E-state index contributed by atoms with van der Waals surface area (Å²) in [5.74, 6) is 1.11. The first kappa shape index (κ1) is 11.7. The molecule has 1 fully saturated rings. The third-order valence-corrected chi connectivity index (χ3v) is 4.40. The standard InChI is InChI=1S/C16H17N3O/c1-18-8-9-19-14(10-18)11-4-2-3-5-12(11)15(20)13-6-7-17-16(13)19/h2-7,14,17H,8-10H2,1H3. The van der Waals surface area contributed by atoms with Crippen LogP contribution in [0.4, 0.5) is 5.82 Å². The molecule has 4 rings (SSSR count). The van der Waals surface area contributed by atoms with E-state index < -0.39 is 0 Å². The topological polar surface area (TPSA) is 39.3 Å². The molecular formula is C16H17N3O. The number of ketones is 1. The van der Waals surface area contributed by atoms with Crippen LogP contribution in [-0.2, 0) is 0 Å². The number of rotatable bonds is 0. The fraction of sp³-hybridized carbons (Fsp3) is 0.312. The molecule has 4 nitrogen and oxygen atoms in total. The number of nitrogens with zero attached hydrogens (tertiary/aromatic N) is 2. The van der Waals surface area contributed by atoms with Gasteiger partial charge in [-0.1, -0.05) is 24.3 Å². The Morgan fingerprint density at radius 3 is 2.90 bits per heavy atom. The van der Waals surface area contributed by atoms with Crippen molar-refractivity contribution in [2.24, 2.45) is 0 Å². The second kappa shape index (κ2) is 4.21. The molecule has 0 saturated carbocycles. The van der Waals surface area contributed by atoms with Gasteiger partial charge in [0.1, 0.15) is 5.82 Å². The van der Waals surface area contributed by atoms with Gasteiger partial charge in [-0.2, -0.15) is 0 Å². The van der Waals surface area contributed by atoms with Crippen molar-refractivity contribution in [2.45, 2.75) is 6.04 Å². The van der Waals surface area contributed by atoms with E-state index in [1.165, 1.54) is 0 Å². The molecular weight excluding hydrogens is 250 g/mol. The van der Waals surface area contributed by atoms with E-state index >= 15 is 0 Å². The molecule has 2 aromatic rings. The van der Waals surface area contributed by atoms with Crippen molar-refractivity contribution in [3.63, 3.8) is 0 Å². The monoisotopic (exact) mass is 267 g/mol. The number of nitrogens with one attached hydrogen (secondary N) is 1. The maximum atomic E-state index is 12.8. The van der Waals surface area contributed by atoms with Crippen LogP contribution in [0.1, 0.15) is 27.5 Å². The highest BCUT2D eigenvalue weighted by Crippen LogP contribution is 2.37. The van der Waals surface area contributed by atoms with Crippen LogP contribution in [-0.4, -0.2) is 42.3 Å². The van der Waals surface area contributed by atoms with E-state index in [4.69, 9.17) is 0 Å². The van der Waals surface area contributed by atoms with E-state index in [-0.39, 0.29) is 11.8 Å². The van der Waals surface area contributed by atoms with Gasteiger partial charge >= 0.3 is 0 Å². The second-order valence-electron chi connectivity index (χ2n) is 5.63. The molecule has 1 N–H and O–H groups in total. The highest BCUT2D eigenvalue weighted by atomic mass is 16.1. The number of aromatic nitrogens is 1. The minimum absolute atomic E-state index is 0.133. The Labute approximate surface area is 118 Å². The molecule has 0 radical (unpaired) electrons. The molecule has 0 amide bonds. The Hall–Kier alpha value is -2.07. The first-order valence-corrected chi connectivity index (χ1v) is 7.02. The molecule has 0 spiro atoms. The SMILES string of the molecule is CN1CCN2c3[nH]ccc3C(=O)c3ccccc3C2C1. The van der Waals surface area contributed by atoms with Crippen molar-refractivity contribution in [3.8, 4) is 0 Å². The van der Waals surface area contributed by atoms with E-state index in [2.05, 4.69) is 27.9 Å². The average molecular weight is 267 g/mol. The Morgan fingerprint density at radius 2 is 2.00 bits per heavy atom. The summed E-state index contributed by atoms with van der Waals surface area (Å²) in [7, 11) is 2.14. The molecule has 102 valence electrons. The Bertz CT molecular complexity index is 676. The van der Waals surface area contributed by atoms with Crippen LogP contribution in [0.5, 0.6) is 0 Å². The average Bonchev–Trinajstić information content (AvgIpc) is 2.92. The molecule has 1 aromatic heterocycles. The Morgan fingerprint density at radius 1 is 1.15 bits per heavy atom. The van der Waals surface area contributed by atoms with Gasteiger partial charge in [0.2, 0.25) is 0 Å². The number of H-pyrrole nitrogens is 1. The number of hydrogen-bond donors (Lipinski definition) is 1. The smallest absolute Gasteiger partial charge is 0.197 e. The van der Waals surface area contributed by atoms with Crippen molar-refractivity contribution in [1.82, 2.24) is 9.88 Å². The number of piperazine rings is 1. The quantitative estimate of drug-likeness (QED) is 0.794. The molecule has 1 unspecified atom stereocenters. The van der Waals surface area contributed by atoms with Gasteiger partial charge in [-0.15, -0.1) is 0 Å². The number of carbonyl (C=O) groups is 1. The highest BCUT2D eigenvalue weighted by molar-refractivity contribution is 6.13. The van der Waals surface area contributed by atoms with Crippen LogP contribution in [0.15, 0.2) is 36.5 Å². The number of anilines is 1. The van der Waals surface area contributed by atoms with Crippen molar-refractivity contribution in [3.05, 3.63) is 53.2 Å². The van der Waals surface area contributed by atoms with Crippen LogP contribution in [0.25, 0.3) is 0 Å². The van der Waals surface area contributed by atoms with Crippen LogP contribution in [0, 0.1) is 0 Å². The van der Waals surface area contributed by atoms with Gasteiger partial charge in [0.25, 0.3) is 0 Å². The van der Waals surface area contributed by atoms with Gasteiger partial charge in [0.05, 0.1) is 11.6 Å². The molecule has 0 bridgehead atoms. The summed E-state index contributed by atoms with van der Waals surface area (Å²) >= 11 is 0. The first-order valence-electron chi connectivity index (χ1n) is 7.02.